The molecule has 0 saturated carbocycles. The molecular formula is C13H14N2OS. The maximum atomic E-state index is 5.73. The molecule has 3 rings (SSSR count). The van der Waals surface area contributed by atoms with E-state index in [0.29, 0.717) is 6.61 Å². The van der Waals surface area contributed by atoms with Crippen LogP contribution >= 0.6 is 11.3 Å². The first-order chi connectivity index (χ1) is 8.31. The Morgan fingerprint density at radius 3 is 3.24 bits per heavy atom. The molecule has 88 valence electrons. The van der Waals surface area contributed by atoms with Gasteiger partial charge in [-0.1, -0.05) is 12.1 Å². The van der Waals surface area contributed by atoms with E-state index in [9.17, 15) is 0 Å². The summed E-state index contributed by atoms with van der Waals surface area (Å²) in [5.74, 6) is 1.96. The summed E-state index contributed by atoms with van der Waals surface area (Å²) >= 11 is 1.75. The third-order valence-electron chi connectivity index (χ3n) is 2.74. The van der Waals surface area contributed by atoms with E-state index in [1.165, 1.54) is 10.4 Å². The van der Waals surface area contributed by atoms with Gasteiger partial charge < -0.3 is 10.1 Å². The van der Waals surface area contributed by atoms with E-state index >= 15 is 0 Å². The van der Waals surface area contributed by atoms with Gasteiger partial charge in [0.1, 0.15) is 23.2 Å². The Bertz CT molecular complexity index is 514. The van der Waals surface area contributed by atoms with Crippen LogP contribution in [0.15, 0.2) is 24.3 Å². The molecular weight excluding hydrogens is 232 g/mol. The second-order valence-electron chi connectivity index (χ2n) is 4.16. The van der Waals surface area contributed by atoms with Crippen molar-refractivity contribution in [3.05, 3.63) is 39.7 Å². The largest absolute Gasteiger partial charge is 0.486 e. The fraction of sp³-hybridized carbons (Fsp3) is 0.308. The molecule has 4 heteroatoms. The van der Waals surface area contributed by atoms with Crippen molar-refractivity contribution in [3.63, 3.8) is 0 Å². The maximum absolute atomic E-state index is 5.73. The van der Waals surface area contributed by atoms with Crippen molar-refractivity contribution >= 4 is 17.2 Å². The highest BCUT2D eigenvalue weighted by atomic mass is 32.1. The molecule has 0 saturated heterocycles. The number of aromatic nitrogens is 1. The van der Waals surface area contributed by atoms with E-state index in [2.05, 4.69) is 23.3 Å². The average Bonchev–Trinajstić information content (AvgIpc) is 2.86. The number of ether oxygens (including phenoxy) is 1. The molecule has 0 bridgehead atoms. The van der Waals surface area contributed by atoms with Crippen LogP contribution in [0.2, 0.25) is 0 Å². The van der Waals surface area contributed by atoms with Gasteiger partial charge in [-0.3, -0.25) is 0 Å². The fourth-order valence-electron chi connectivity index (χ4n) is 1.91. The van der Waals surface area contributed by atoms with E-state index in [-0.39, 0.29) is 0 Å². The number of hydrogen-bond acceptors (Lipinski definition) is 4. The Hall–Kier alpha value is -1.55. The lowest BCUT2D eigenvalue weighted by atomic mass is 10.2. The minimum Gasteiger partial charge on any atom is -0.486 e. The van der Waals surface area contributed by atoms with Gasteiger partial charge in [-0.2, -0.15) is 0 Å². The normalized spacial score (nSPS) is 13.2. The van der Waals surface area contributed by atoms with Crippen LogP contribution in [0.3, 0.4) is 0 Å². The molecule has 0 atom stereocenters. The average molecular weight is 246 g/mol. The van der Waals surface area contributed by atoms with Gasteiger partial charge in [0.2, 0.25) is 0 Å². The van der Waals surface area contributed by atoms with Crippen molar-refractivity contribution in [2.45, 2.75) is 20.0 Å². The fourth-order valence-corrected chi connectivity index (χ4v) is 2.87. The zero-order chi connectivity index (χ0) is 11.7. The molecule has 0 aliphatic carbocycles. The lowest BCUT2D eigenvalue weighted by molar-refractivity contribution is 0.305. The number of nitrogens with one attached hydrogen (secondary N) is 1. The summed E-state index contributed by atoms with van der Waals surface area (Å²) in [5.41, 5.74) is 1.21. The highest BCUT2D eigenvalue weighted by molar-refractivity contribution is 7.12. The second-order valence-corrected chi connectivity index (χ2v) is 5.33. The van der Waals surface area contributed by atoms with Gasteiger partial charge in [-0.25, -0.2) is 4.98 Å². The second kappa shape index (κ2) is 4.37. The SMILES string of the molecule is Cc1cccc(OCc2nc3c(s2)CCN3)c1. The lowest BCUT2D eigenvalue weighted by Crippen LogP contribution is -1.98. The molecule has 0 spiro atoms. The standard InChI is InChI=1S/C13H14N2OS/c1-9-3-2-4-10(7-9)16-8-12-15-13-11(17-12)5-6-14-13/h2-4,7,14H,5-6,8H2,1H3. The van der Waals surface area contributed by atoms with Crippen molar-refractivity contribution in [2.75, 3.05) is 11.9 Å². The van der Waals surface area contributed by atoms with Gasteiger partial charge >= 0.3 is 0 Å². The number of anilines is 1. The van der Waals surface area contributed by atoms with Gasteiger partial charge in [0.15, 0.2) is 0 Å². The monoisotopic (exact) mass is 246 g/mol. The topological polar surface area (TPSA) is 34.1 Å². The molecule has 3 nitrogen and oxygen atoms in total. The Morgan fingerprint density at radius 1 is 1.47 bits per heavy atom. The molecule has 1 aliphatic rings. The first kappa shape index (κ1) is 10.6. The van der Waals surface area contributed by atoms with Crippen LogP contribution in [0.1, 0.15) is 15.4 Å². The summed E-state index contributed by atoms with van der Waals surface area (Å²) in [5, 5.41) is 4.32. The van der Waals surface area contributed by atoms with Crippen LogP contribution in [0, 0.1) is 6.92 Å². The molecule has 0 radical (unpaired) electrons. The number of thiazole rings is 1. The minimum absolute atomic E-state index is 0.558. The summed E-state index contributed by atoms with van der Waals surface area (Å²) in [4.78, 5) is 5.87. The van der Waals surface area contributed by atoms with E-state index in [0.717, 1.165) is 29.5 Å². The zero-order valence-electron chi connectivity index (χ0n) is 9.69. The summed E-state index contributed by atoms with van der Waals surface area (Å²) in [6.07, 6.45) is 1.09. The van der Waals surface area contributed by atoms with Crippen LogP contribution < -0.4 is 10.1 Å². The molecule has 2 aromatic rings. The van der Waals surface area contributed by atoms with Gasteiger partial charge in [0.05, 0.1) is 4.88 Å². The van der Waals surface area contributed by atoms with Crippen molar-refractivity contribution in [1.82, 2.24) is 4.98 Å². The highest BCUT2D eigenvalue weighted by Crippen LogP contribution is 2.28. The number of fused-ring (bicyclic) bond motifs is 1. The zero-order valence-corrected chi connectivity index (χ0v) is 10.5. The van der Waals surface area contributed by atoms with Crippen molar-refractivity contribution < 1.29 is 4.74 Å². The van der Waals surface area contributed by atoms with E-state index < -0.39 is 0 Å². The number of hydrogen-bond donors (Lipinski definition) is 1. The number of benzene rings is 1. The number of nitrogens with zero attached hydrogens (tertiary/aromatic N) is 1. The van der Waals surface area contributed by atoms with Crippen LogP contribution in [0.5, 0.6) is 5.75 Å². The number of rotatable bonds is 3. The first-order valence-corrected chi connectivity index (χ1v) is 6.55. The Labute approximate surface area is 104 Å². The molecule has 0 unspecified atom stereocenters. The predicted octanol–water partition coefficient (Wildman–Crippen LogP) is 3.00. The first-order valence-electron chi connectivity index (χ1n) is 5.73. The molecule has 1 aromatic carbocycles. The van der Waals surface area contributed by atoms with Gasteiger partial charge in [0, 0.05) is 13.0 Å². The molecule has 2 heterocycles. The molecule has 17 heavy (non-hydrogen) atoms. The molecule has 1 aromatic heterocycles. The minimum atomic E-state index is 0.558. The molecule has 1 N–H and O–H groups in total. The van der Waals surface area contributed by atoms with Gasteiger partial charge in [0.25, 0.3) is 0 Å². The van der Waals surface area contributed by atoms with Gasteiger partial charge in [-0.05, 0) is 24.6 Å². The van der Waals surface area contributed by atoms with Crippen LogP contribution in [0.4, 0.5) is 5.82 Å². The van der Waals surface area contributed by atoms with Crippen LogP contribution in [-0.4, -0.2) is 11.5 Å². The highest BCUT2D eigenvalue weighted by Gasteiger charge is 2.16. The Balaban J connectivity index is 1.67. The quantitative estimate of drug-likeness (QED) is 0.904. The third-order valence-corrected chi connectivity index (χ3v) is 3.83. The molecule has 0 fully saturated rings. The predicted molar refractivity (Wildman–Crippen MR) is 69.8 cm³/mol. The Kier molecular flexibility index (Phi) is 2.73. The van der Waals surface area contributed by atoms with Crippen LogP contribution in [0.25, 0.3) is 0 Å². The molecule has 1 aliphatic heterocycles. The van der Waals surface area contributed by atoms with Crippen molar-refractivity contribution in [1.29, 1.82) is 0 Å². The third kappa shape index (κ3) is 2.26. The smallest absolute Gasteiger partial charge is 0.140 e. The summed E-state index contributed by atoms with van der Waals surface area (Å²) in [6, 6.07) is 8.09. The molecule has 0 amide bonds. The lowest BCUT2D eigenvalue weighted by Gasteiger charge is -2.04. The van der Waals surface area contributed by atoms with E-state index in [4.69, 9.17) is 4.74 Å². The Morgan fingerprint density at radius 2 is 2.41 bits per heavy atom. The van der Waals surface area contributed by atoms with Gasteiger partial charge in [-0.15, -0.1) is 11.3 Å². The van der Waals surface area contributed by atoms with E-state index in [1.807, 2.05) is 18.2 Å². The summed E-state index contributed by atoms with van der Waals surface area (Å²) < 4.78 is 5.73. The summed E-state index contributed by atoms with van der Waals surface area (Å²) in [7, 11) is 0. The maximum Gasteiger partial charge on any atom is 0.140 e. The van der Waals surface area contributed by atoms with E-state index in [1.54, 1.807) is 11.3 Å². The van der Waals surface area contributed by atoms with Crippen LogP contribution in [-0.2, 0) is 13.0 Å². The van der Waals surface area contributed by atoms with Crippen molar-refractivity contribution in [3.8, 4) is 5.75 Å². The summed E-state index contributed by atoms with van der Waals surface area (Å²) in [6.45, 7) is 3.64. The van der Waals surface area contributed by atoms with Crippen molar-refractivity contribution in [2.24, 2.45) is 0 Å². The number of aryl methyl sites for hydroxylation is 1.